The fourth-order valence-corrected chi connectivity index (χ4v) is 3.17. The maximum Gasteiger partial charge on any atom is 0.191 e. The third-order valence-corrected chi connectivity index (χ3v) is 4.98. The molecule has 1 aliphatic rings. The maximum atomic E-state index is 5.40. The highest BCUT2D eigenvalue weighted by atomic mass is 127. The molecule has 0 aromatic heterocycles. The monoisotopic (exact) mass is 415 g/mol. The lowest BCUT2D eigenvalue weighted by atomic mass is 10.1. The Morgan fingerprint density at radius 1 is 1.40 bits per heavy atom. The Bertz CT molecular complexity index is 305. The highest BCUT2D eigenvalue weighted by molar-refractivity contribution is 14.0. The number of methoxy groups -OCH3 is 1. The summed E-state index contributed by atoms with van der Waals surface area (Å²) in [6, 6.07) is 0. The van der Waals surface area contributed by atoms with Gasteiger partial charge in [-0.15, -0.1) is 24.0 Å². The van der Waals surface area contributed by atoms with Gasteiger partial charge < -0.3 is 15.4 Å². The van der Waals surface area contributed by atoms with Crippen molar-refractivity contribution in [3.8, 4) is 0 Å². The van der Waals surface area contributed by atoms with Crippen molar-refractivity contribution in [2.45, 2.75) is 50.9 Å². The van der Waals surface area contributed by atoms with E-state index in [9.17, 15) is 0 Å². The van der Waals surface area contributed by atoms with Crippen LogP contribution in [0.5, 0.6) is 0 Å². The van der Waals surface area contributed by atoms with Crippen LogP contribution < -0.4 is 10.6 Å². The van der Waals surface area contributed by atoms with Crippen molar-refractivity contribution in [3.05, 3.63) is 0 Å². The Morgan fingerprint density at radius 2 is 2.10 bits per heavy atom. The SMILES string of the molecule is CCNC(=NCC(C)(C)OC)NCC1(C)CCCS1.I. The number of thioether (sulfide) groups is 1. The molecule has 1 unspecified atom stereocenters. The van der Waals surface area contributed by atoms with Crippen molar-refractivity contribution >= 4 is 41.7 Å². The molecule has 1 fully saturated rings. The minimum atomic E-state index is -0.214. The quantitative estimate of drug-likeness (QED) is 0.398. The van der Waals surface area contributed by atoms with E-state index in [0.29, 0.717) is 11.3 Å². The summed E-state index contributed by atoms with van der Waals surface area (Å²) < 4.78 is 5.75. The molecule has 0 saturated carbocycles. The van der Waals surface area contributed by atoms with Crippen LogP contribution in [0.1, 0.15) is 40.5 Å². The molecular weight excluding hydrogens is 385 g/mol. The van der Waals surface area contributed by atoms with Crippen LogP contribution in [0.15, 0.2) is 4.99 Å². The number of rotatable bonds is 6. The number of nitrogens with one attached hydrogen (secondary N) is 2. The van der Waals surface area contributed by atoms with Gasteiger partial charge in [0.1, 0.15) is 0 Å². The van der Waals surface area contributed by atoms with Crippen molar-refractivity contribution < 1.29 is 4.74 Å². The summed E-state index contributed by atoms with van der Waals surface area (Å²) in [6.45, 7) is 11.0. The van der Waals surface area contributed by atoms with E-state index in [2.05, 4.69) is 41.2 Å². The first-order valence-electron chi connectivity index (χ1n) is 7.12. The van der Waals surface area contributed by atoms with E-state index in [1.165, 1.54) is 18.6 Å². The van der Waals surface area contributed by atoms with Gasteiger partial charge in [0.05, 0.1) is 12.1 Å². The van der Waals surface area contributed by atoms with Gasteiger partial charge in [0.15, 0.2) is 5.96 Å². The molecule has 0 aromatic rings. The molecule has 1 aliphatic heterocycles. The summed E-state index contributed by atoms with van der Waals surface area (Å²) in [5, 5.41) is 6.76. The van der Waals surface area contributed by atoms with Gasteiger partial charge in [-0.25, -0.2) is 0 Å². The zero-order chi connectivity index (χ0) is 14.4. The van der Waals surface area contributed by atoms with Crippen LogP contribution in [0.2, 0.25) is 0 Å². The fraction of sp³-hybridized carbons (Fsp3) is 0.929. The van der Waals surface area contributed by atoms with Crippen LogP contribution in [0.4, 0.5) is 0 Å². The number of halogens is 1. The van der Waals surface area contributed by atoms with E-state index >= 15 is 0 Å². The molecule has 0 spiro atoms. The summed E-state index contributed by atoms with van der Waals surface area (Å²) >= 11 is 2.06. The molecule has 1 atom stereocenters. The standard InChI is InChI=1S/C14H29N3OS.HI/c1-6-15-12(16-10-13(2,3)18-5)17-11-14(4)8-7-9-19-14;/h6-11H2,1-5H3,(H2,15,16,17);1H. The summed E-state index contributed by atoms with van der Waals surface area (Å²) in [6.07, 6.45) is 2.61. The summed E-state index contributed by atoms with van der Waals surface area (Å²) in [4.78, 5) is 4.61. The van der Waals surface area contributed by atoms with Gasteiger partial charge in [0, 0.05) is 24.9 Å². The largest absolute Gasteiger partial charge is 0.377 e. The average Bonchev–Trinajstić information content (AvgIpc) is 2.80. The predicted octanol–water partition coefficient (Wildman–Crippen LogP) is 2.87. The van der Waals surface area contributed by atoms with Crippen LogP contribution in [-0.4, -0.2) is 48.8 Å². The van der Waals surface area contributed by atoms with Crippen molar-refractivity contribution in [1.82, 2.24) is 10.6 Å². The molecule has 120 valence electrons. The molecule has 0 aromatic carbocycles. The molecule has 1 heterocycles. The predicted molar refractivity (Wildman–Crippen MR) is 101 cm³/mol. The van der Waals surface area contributed by atoms with Crippen LogP contribution in [0, 0.1) is 0 Å². The smallest absolute Gasteiger partial charge is 0.191 e. The number of aliphatic imine (C=N–C) groups is 1. The van der Waals surface area contributed by atoms with Crippen molar-refractivity contribution in [1.29, 1.82) is 0 Å². The zero-order valence-electron chi connectivity index (χ0n) is 13.4. The zero-order valence-corrected chi connectivity index (χ0v) is 16.6. The first kappa shape index (κ1) is 20.3. The summed E-state index contributed by atoms with van der Waals surface area (Å²) in [5.41, 5.74) is -0.214. The Hall–Kier alpha value is 0.310. The van der Waals surface area contributed by atoms with Gasteiger partial charge in [-0.1, -0.05) is 0 Å². The number of hydrogen-bond acceptors (Lipinski definition) is 3. The third kappa shape index (κ3) is 7.36. The Labute approximate surface area is 145 Å². The van der Waals surface area contributed by atoms with Gasteiger partial charge in [-0.3, -0.25) is 4.99 Å². The number of nitrogens with zero attached hydrogens (tertiary/aromatic N) is 1. The summed E-state index contributed by atoms with van der Waals surface area (Å²) in [7, 11) is 1.73. The molecule has 6 heteroatoms. The molecule has 1 saturated heterocycles. The third-order valence-electron chi connectivity index (χ3n) is 3.45. The van der Waals surface area contributed by atoms with Gasteiger partial charge >= 0.3 is 0 Å². The van der Waals surface area contributed by atoms with E-state index in [0.717, 1.165) is 19.0 Å². The van der Waals surface area contributed by atoms with E-state index in [1.807, 2.05) is 13.8 Å². The van der Waals surface area contributed by atoms with Crippen LogP contribution in [-0.2, 0) is 4.74 Å². The second-order valence-corrected chi connectivity index (χ2v) is 7.60. The highest BCUT2D eigenvalue weighted by Gasteiger charge is 2.29. The Morgan fingerprint density at radius 3 is 2.60 bits per heavy atom. The molecular formula is C14H30IN3OS. The van der Waals surface area contributed by atoms with Gasteiger partial charge in [0.25, 0.3) is 0 Å². The Kier molecular flexibility index (Phi) is 9.50. The maximum absolute atomic E-state index is 5.40. The minimum absolute atomic E-state index is 0. The fourth-order valence-electron chi connectivity index (χ4n) is 1.92. The lowest BCUT2D eigenvalue weighted by Gasteiger charge is -2.25. The van der Waals surface area contributed by atoms with Crippen LogP contribution in [0.3, 0.4) is 0 Å². The van der Waals surface area contributed by atoms with Crippen molar-refractivity contribution in [2.75, 3.05) is 32.5 Å². The van der Waals surface area contributed by atoms with E-state index in [4.69, 9.17) is 4.74 Å². The molecule has 0 amide bonds. The second kappa shape index (κ2) is 9.35. The molecule has 0 radical (unpaired) electrons. The number of guanidine groups is 1. The van der Waals surface area contributed by atoms with Gasteiger partial charge in [-0.05, 0) is 46.3 Å². The summed E-state index contributed by atoms with van der Waals surface area (Å²) in [5.74, 6) is 2.17. The lowest BCUT2D eigenvalue weighted by Crippen LogP contribution is -2.44. The highest BCUT2D eigenvalue weighted by Crippen LogP contribution is 2.36. The molecule has 0 aliphatic carbocycles. The van der Waals surface area contributed by atoms with Crippen molar-refractivity contribution in [3.63, 3.8) is 0 Å². The van der Waals surface area contributed by atoms with E-state index < -0.39 is 0 Å². The van der Waals surface area contributed by atoms with Crippen molar-refractivity contribution in [2.24, 2.45) is 4.99 Å². The van der Waals surface area contributed by atoms with Gasteiger partial charge in [-0.2, -0.15) is 11.8 Å². The second-order valence-electron chi connectivity index (χ2n) is 5.91. The minimum Gasteiger partial charge on any atom is -0.377 e. The lowest BCUT2D eigenvalue weighted by molar-refractivity contribution is 0.0310. The Balaban J connectivity index is 0.00000361. The van der Waals surface area contributed by atoms with E-state index in [1.54, 1.807) is 7.11 Å². The first-order valence-corrected chi connectivity index (χ1v) is 8.11. The average molecular weight is 415 g/mol. The molecule has 20 heavy (non-hydrogen) atoms. The number of hydrogen-bond donors (Lipinski definition) is 2. The normalized spacial score (nSPS) is 23.4. The first-order chi connectivity index (χ1) is 8.91. The molecule has 1 rings (SSSR count). The molecule has 4 nitrogen and oxygen atoms in total. The van der Waals surface area contributed by atoms with Crippen LogP contribution in [0.25, 0.3) is 0 Å². The molecule has 0 bridgehead atoms. The molecule has 2 N–H and O–H groups in total. The number of ether oxygens (including phenoxy) is 1. The van der Waals surface area contributed by atoms with Gasteiger partial charge in [0.2, 0.25) is 0 Å². The van der Waals surface area contributed by atoms with Crippen LogP contribution >= 0.6 is 35.7 Å². The van der Waals surface area contributed by atoms with E-state index in [-0.39, 0.29) is 29.6 Å². The topological polar surface area (TPSA) is 45.7 Å².